The molecule has 0 aliphatic carbocycles. The Kier molecular flexibility index (Phi) is 2.64. The first-order valence-corrected chi connectivity index (χ1v) is 6.08. The predicted octanol–water partition coefficient (Wildman–Crippen LogP) is 2.41. The minimum atomic E-state index is -0.578. The van der Waals surface area contributed by atoms with Crippen LogP contribution < -0.4 is 5.76 Å². The Labute approximate surface area is 113 Å². The molecule has 98 valence electrons. The van der Waals surface area contributed by atoms with Gasteiger partial charge in [-0.25, -0.2) is 9.36 Å². The molecule has 2 N–H and O–H groups in total. The lowest BCUT2D eigenvalue weighted by molar-refractivity contribution is 0.418. The summed E-state index contributed by atoms with van der Waals surface area (Å²) in [4.78, 5) is 14.4. The predicted molar refractivity (Wildman–Crippen MR) is 71.7 cm³/mol. The Morgan fingerprint density at radius 1 is 1.47 bits per heavy atom. The average Bonchev–Trinajstić information content (AvgIpc) is 2.90. The molecular formula is C13H11ClN2O3. The van der Waals surface area contributed by atoms with E-state index in [-0.39, 0.29) is 11.6 Å². The number of fused-ring (bicyclic) bond motifs is 1. The molecule has 0 saturated carbocycles. The maximum absolute atomic E-state index is 11.3. The van der Waals surface area contributed by atoms with Crippen molar-refractivity contribution in [1.82, 2.24) is 9.55 Å². The normalized spacial score (nSPS) is 11.3. The van der Waals surface area contributed by atoms with Gasteiger partial charge in [-0.1, -0.05) is 23.7 Å². The fourth-order valence-electron chi connectivity index (χ4n) is 2.10. The molecule has 2 heterocycles. The molecular weight excluding hydrogens is 268 g/mol. The number of aromatic amines is 1. The van der Waals surface area contributed by atoms with E-state index in [0.717, 1.165) is 21.0 Å². The van der Waals surface area contributed by atoms with E-state index in [4.69, 9.17) is 16.0 Å². The minimum Gasteiger partial charge on any atom is -0.492 e. The van der Waals surface area contributed by atoms with E-state index in [0.29, 0.717) is 11.4 Å². The topological polar surface area (TPSA) is 71.2 Å². The van der Waals surface area contributed by atoms with E-state index in [1.165, 1.54) is 7.05 Å². The number of rotatable bonds is 2. The molecule has 19 heavy (non-hydrogen) atoms. The molecule has 1 aromatic carbocycles. The monoisotopic (exact) mass is 278 g/mol. The first-order chi connectivity index (χ1) is 9.08. The van der Waals surface area contributed by atoms with Crippen LogP contribution in [0.5, 0.6) is 5.88 Å². The standard InChI is InChI=1S/C13H11ClN2O3/c1-16-12(17)10(19-13(16)18)5-7-6-15-11-8(7)3-2-4-9(11)14/h2-4,6,15,17H,5H2,1H3. The van der Waals surface area contributed by atoms with Gasteiger partial charge in [0.25, 0.3) is 0 Å². The highest BCUT2D eigenvalue weighted by atomic mass is 35.5. The number of benzene rings is 1. The summed E-state index contributed by atoms with van der Waals surface area (Å²) in [5, 5.41) is 11.3. The number of para-hydroxylation sites is 1. The van der Waals surface area contributed by atoms with Crippen LogP contribution >= 0.6 is 11.6 Å². The molecule has 0 saturated heterocycles. The number of aromatic nitrogens is 2. The van der Waals surface area contributed by atoms with Crippen LogP contribution in [0.2, 0.25) is 5.02 Å². The van der Waals surface area contributed by atoms with Crippen LogP contribution in [-0.4, -0.2) is 14.7 Å². The molecule has 0 bridgehead atoms. The number of hydrogen-bond donors (Lipinski definition) is 2. The van der Waals surface area contributed by atoms with Crippen molar-refractivity contribution in [1.29, 1.82) is 0 Å². The molecule has 0 aliphatic rings. The summed E-state index contributed by atoms with van der Waals surface area (Å²) < 4.78 is 6.07. The SMILES string of the molecule is Cn1c(O)c(Cc2c[nH]c3c(Cl)cccc23)oc1=O. The number of hydrogen-bond acceptors (Lipinski definition) is 3. The van der Waals surface area contributed by atoms with Gasteiger partial charge < -0.3 is 14.5 Å². The van der Waals surface area contributed by atoms with Gasteiger partial charge >= 0.3 is 5.76 Å². The molecule has 0 atom stereocenters. The van der Waals surface area contributed by atoms with Gasteiger partial charge in [-0.05, 0) is 11.6 Å². The molecule has 5 nitrogen and oxygen atoms in total. The van der Waals surface area contributed by atoms with Gasteiger partial charge in [0.05, 0.1) is 10.5 Å². The van der Waals surface area contributed by atoms with E-state index in [2.05, 4.69) is 4.98 Å². The lowest BCUT2D eigenvalue weighted by atomic mass is 10.1. The molecule has 0 aliphatic heterocycles. The Hall–Kier alpha value is -2.14. The maximum Gasteiger partial charge on any atom is 0.421 e. The van der Waals surface area contributed by atoms with Gasteiger partial charge in [0.2, 0.25) is 5.88 Å². The van der Waals surface area contributed by atoms with Gasteiger partial charge in [-0.3, -0.25) is 0 Å². The van der Waals surface area contributed by atoms with Crippen molar-refractivity contribution < 1.29 is 9.52 Å². The van der Waals surface area contributed by atoms with Crippen LogP contribution in [0, 0.1) is 0 Å². The summed E-state index contributed by atoms with van der Waals surface area (Å²) in [7, 11) is 1.46. The summed E-state index contributed by atoms with van der Waals surface area (Å²) in [5.41, 5.74) is 1.74. The molecule has 3 aromatic rings. The minimum absolute atomic E-state index is 0.152. The molecule has 3 rings (SSSR count). The Bertz CT molecular complexity index is 813. The highest BCUT2D eigenvalue weighted by molar-refractivity contribution is 6.35. The first kappa shape index (κ1) is 11.9. The number of aromatic hydroxyl groups is 1. The van der Waals surface area contributed by atoms with E-state index in [9.17, 15) is 9.90 Å². The number of oxazole rings is 1. The van der Waals surface area contributed by atoms with Crippen LogP contribution in [0.1, 0.15) is 11.3 Å². The number of nitrogens with zero attached hydrogens (tertiary/aromatic N) is 1. The highest BCUT2D eigenvalue weighted by Crippen LogP contribution is 2.28. The third-order valence-corrected chi connectivity index (χ3v) is 3.47. The largest absolute Gasteiger partial charge is 0.492 e. The van der Waals surface area contributed by atoms with Crippen molar-refractivity contribution in [3.63, 3.8) is 0 Å². The molecule has 0 radical (unpaired) electrons. The zero-order valence-electron chi connectivity index (χ0n) is 10.1. The zero-order chi connectivity index (χ0) is 13.6. The zero-order valence-corrected chi connectivity index (χ0v) is 10.9. The van der Waals surface area contributed by atoms with Crippen LogP contribution in [-0.2, 0) is 13.5 Å². The summed E-state index contributed by atoms with van der Waals surface area (Å²) in [5.74, 6) is -0.486. The van der Waals surface area contributed by atoms with Crippen molar-refractivity contribution in [2.24, 2.45) is 7.05 Å². The first-order valence-electron chi connectivity index (χ1n) is 5.70. The van der Waals surface area contributed by atoms with E-state index >= 15 is 0 Å². The maximum atomic E-state index is 11.3. The van der Waals surface area contributed by atoms with E-state index in [1.807, 2.05) is 12.1 Å². The fraction of sp³-hybridized carbons (Fsp3) is 0.154. The quantitative estimate of drug-likeness (QED) is 0.756. The third-order valence-electron chi connectivity index (χ3n) is 3.15. The summed E-state index contributed by atoms with van der Waals surface area (Å²) >= 11 is 6.08. The summed E-state index contributed by atoms with van der Waals surface area (Å²) in [6, 6.07) is 5.57. The average molecular weight is 279 g/mol. The van der Waals surface area contributed by atoms with Crippen molar-refractivity contribution in [2.45, 2.75) is 6.42 Å². The van der Waals surface area contributed by atoms with Crippen molar-refractivity contribution in [2.75, 3.05) is 0 Å². The smallest absolute Gasteiger partial charge is 0.421 e. The summed E-state index contributed by atoms with van der Waals surface area (Å²) in [6.07, 6.45) is 2.12. The fourth-order valence-corrected chi connectivity index (χ4v) is 2.33. The number of nitrogens with one attached hydrogen (secondary N) is 1. The lowest BCUT2D eigenvalue weighted by Crippen LogP contribution is -2.07. The van der Waals surface area contributed by atoms with E-state index < -0.39 is 5.76 Å². The van der Waals surface area contributed by atoms with Crippen LogP contribution in [0.25, 0.3) is 10.9 Å². The van der Waals surface area contributed by atoms with Gasteiger partial charge in [-0.2, -0.15) is 0 Å². The van der Waals surface area contributed by atoms with Crippen LogP contribution in [0.4, 0.5) is 0 Å². The molecule has 0 unspecified atom stereocenters. The van der Waals surface area contributed by atoms with Gasteiger partial charge in [0.15, 0.2) is 5.76 Å². The molecule has 6 heteroatoms. The third kappa shape index (κ3) is 1.82. The van der Waals surface area contributed by atoms with Crippen molar-refractivity contribution in [3.8, 4) is 5.88 Å². The van der Waals surface area contributed by atoms with Crippen LogP contribution in [0.3, 0.4) is 0 Å². The second kappa shape index (κ2) is 4.20. The van der Waals surface area contributed by atoms with Gasteiger partial charge in [0, 0.05) is 25.1 Å². The van der Waals surface area contributed by atoms with Crippen molar-refractivity contribution >= 4 is 22.5 Å². The number of halogens is 1. The van der Waals surface area contributed by atoms with E-state index in [1.54, 1.807) is 12.3 Å². The number of H-pyrrole nitrogens is 1. The molecule has 0 spiro atoms. The lowest BCUT2D eigenvalue weighted by Gasteiger charge is -1.98. The second-order valence-corrected chi connectivity index (χ2v) is 4.73. The van der Waals surface area contributed by atoms with Gasteiger partial charge in [-0.15, -0.1) is 0 Å². The van der Waals surface area contributed by atoms with Crippen molar-refractivity contribution in [3.05, 3.63) is 51.3 Å². The Morgan fingerprint density at radius 3 is 2.95 bits per heavy atom. The Morgan fingerprint density at radius 2 is 2.26 bits per heavy atom. The van der Waals surface area contributed by atoms with Crippen LogP contribution in [0.15, 0.2) is 33.6 Å². The summed E-state index contributed by atoms with van der Waals surface area (Å²) in [6.45, 7) is 0. The molecule has 0 fully saturated rings. The Balaban J connectivity index is 2.09. The second-order valence-electron chi connectivity index (χ2n) is 4.33. The molecule has 2 aromatic heterocycles. The highest BCUT2D eigenvalue weighted by Gasteiger charge is 2.15. The molecule has 0 amide bonds. The van der Waals surface area contributed by atoms with Gasteiger partial charge in [0.1, 0.15) is 0 Å².